The number of aromatic nitrogens is 4. The molecule has 2 rings (SSSR count). The summed E-state index contributed by atoms with van der Waals surface area (Å²) < 4.78 is 2.71. The van der Waals surface area contributed by atoms with Gasteiger partial charge < -0.3 is 5.11 Å². The Balaban J connectivity index is 2.52. The monoisotopic (exact) mass is 344 g/mol. The molecule has 0 radical (unpaired) electrons. The minimum absolute atomic E-state index is 0.0893. The van der Waals surface area contributed by atoms with Gasteiger partial charge in [0.25, 0.3) is 0 Å². The summed E-state index contributed by atoms with van der Waals surface area (Å²) in [5, 5.41) is 17.3. The van der Waals surface area contributed by atoms with E-state index in [0.717, 1.165) is 21.4 Å². The van der Waals surface area contributed by atoms with Crippen LogP contribution in [0.3, 0.4) is 0 Å². The van der Waals surface area contributed by atoms with E-state index in [1.54, 1.807) is 11.7 Å². The lowest BCUT2D eigenvalue weighted by Gasteiger charge is -2.04. The molecule has 0 aliphatic heterocycles. The van der Waals surface area contributed by atoms with Gasteiger partial charge >= 0.3 is 0 Å². The molecule has 2 aromatic rings. The van der Waals surface area contributed by atoms with Gasteiger partial charge in [0.15, 0.2) is 0 Å². The third kappa shape index (κ3) is 2.32. The largest absolute Gasteiger partial charge is 0.390 e. The van der Waals surface area contributed by atoms with E-state index in [9.17, 15) is 5.11 Å². The van der Waals surface area contributed by atoms with E-state index in [0.29, 0.717) is 11.4 Å². The van der Waals surface area contributed by atoms with Crippen LogP contribution in [-0.4, -0.2) is 25.1 Å². The fourth-order valence-corrected chi connectivity index (χ4v) is 2.30. The lowest BCUT2D eigenvalue weighted by Crippen LogP contribution is -2.00. The second-order valence-electron chi connectivity index (χ2n) is 3.65. The van der Waals surface area contributed by atoms with Crippen molar-refractivity contribution in [3.63, 3.8) is 0 Å². The number of nitrogens with zero attached hydrogens (tertiary/aromatic N) is 4. The molecule has 6 heteroatoms. The highest BCUT2D eigenvalue weighted by Crippen LogP contribution is 2.21. The molecular weight excluding hydrogens is 331 g/mol. The SMILES string of the molecule is CCc1nc(-c2nnn(C)c2CO)ccc1I. The van der Waals surface area contributed by atoms with Crippen molar-refractivity contribution in [2.45, 2.75) is 20.0 Å². The van der Waals surface area contributed by atoms with Crippen molar-refractivity contribution in [1.82, 2.24) is 20.0 Å². The van der Waals surface area contributed by atoms with Gasteiger partial charge in [-0.25, -0.2) is 9.67 Å². The molecule has 0 unspecified atom stereocenters. The Morgan fingerprint density at radius 1 is 1.41 bits per heavy atom. The van der Waals surface area contributed by atoms with Crippen LogP contribution in [0.15, 0.2) is 12.1 Å². The number of aryl methyl sites for hydroxylation is 2. The van der Waals surface area contributed by atoms with Crippen molar-refractivity contribution in [2.24, 2.45) is 7.05 Å². The fraction of sp³-hybridized carbons (Fsp3) is 0.364. The Morgan fingerprint density at radius 2 is 2.18 bits per heavy atom. The zero-order valence-corrected chi connectivity index (χ0v) is 11.8. The first-order valence-corrected chi connectivity index (χ1v) is 6.40. The predicted octanol–water partition coefficient (Wildman–Crippen LogP) is 1.54. The number of aliphatic hydroxyl groups excluding tert-OH is 1. The highest BCUT2D eigenvalue weighted by Gasteiger charge is 2.14. The van der Waals surface area contributed by atoms with Crippen molar-refractivity contribution in [3.8, 4) is 11.4 Å². The van der Waals surface area contributed by atoms with Crippen molar-refractivity contribution in [1.29, 1.82) is 0 Å². The zero-order chi connectivity index (χ0) is 12.4. The highest BCUT2D eigenvalue weighted by molar-refractivity contribution is 14.1. The molecule has 0 fully saturated rings. The van der Waals surface area contributed by atoms with Crippen LogP contribution in [0.1, 0.15) is 18.3 Å². The molecule has 5 nitrogen and oxygen atoms in total. The van der Waals surface area contributed by atoms with Gasteiger partial charge in [-0.2, -0.15) is 0 Å². The molecule has 0 saturated carbocycles. The van der Waals surface area contributed by atoms with E-state index in [1.165, 1.54) is 0 Å². The summed E-state index contributed by atoms with van der Waals surface area (Å²) in [6.07, 6.45) is 0.876. The van der Waals surface area contributed by atoms with Crippen molar-refractivity contribution < 1.29 is 5.11 Å². The Kier molecular flexibility index (Phi) is 3.72. The first kappa shape index (κ1) is 12.4. The van der Waals surface area contributed by atoms with Gasteiger partial charge in [-0.1, -0.05) is 12.1 Å². The summed E-state index contributed by atoms with van der Waals surface area (Å²) in [7, 11) is 1.76. The normalized spacial score (nSPS) is 10.8. The number of pyridine rings is 1. The van der Waals surface area contributed by atoms with Crippen molar-refractivity contribution in [2.75, 3.05) is 0 Å². The summed E-state index contributed by atoms with van der Waals surface area (Å²) in [4.78, 5) is 4.55. The molecule has 2 heterocycles. The molecule has 0 aromatic carbocycles. The molecule has 0 amide bonds. The van der Waals surface area contributed by atoms with Gasteiger partial charge in [-0.05, 0) is 41.1 Å². The van der Waals surface area contributed by atoms with Crippen LogP contribution in [0, 0.1) is 3.57 Å². The zero-order valence-electron chi connectivity index (χ0n) is 9.68. The standard InChI is InChI=1S/C11H13IN4O/c1-3-8-7(12)4-5-9(13-8)11-10(6-17)16(2)15-14-11/h4-5,17H,3,6H2,1-2H3. The molecule has 0 aliphatic rings. The van der Waals surface area contributed by atoms with Gasteiger partial charge in [0.05, 0.1) is 23.7 Å². The Labute approximate surface area is 113 Å². The smallest absolute Gasteiger partial charge is 0.137 e. The Bertz CT molecular complexity index is 538. The molecule has 90 valence electrons. The summed E-state index contributed by atoms with van der Waals surface area (Å²) in [5.41, 5.74) is 3.14. The second kappa shape index (κ2) is 5.09. The van der Waals surface area contributed by atoms with E-state index in [1.807, 2.05) is 12.1 Å². The van der Waals surface area contributed by atoms with E-state index >= 15 is 0 Å². The molecule has 0 spiro atoms. The maximum Gasteiger partial charge on any atom is 0.137 e. The maximum atomic E-state index is 9.30. The lowest BCUT2D eigenvalue weighted by molar-refractivity contribution is 0.271. The minimum atomic E-state index is -0.0893. The first-order chi connectivity index (χ1) is 8.17. The van der Waals surface area contributed by atoms with Crippen LogP contribution in [0.25, 0.3) is 11.4 Å². The molecule has 0 atom stereocenters. The fourth-order valence-electron chi connectivity index (χ4n) is 1.62. The first-order valence-electron chi connectivity index (χ1n) is 5.32. The van der Waals surface area contributed by atoms with Crippen LogP contribution in [-0.2, 0) is 20.1 Å². The van der Waals surface area contributed by atoms with Gasteiger partial charge in [-0.15, -0.1) is 5.10 Å². The second-order valence-corrected chi connectivity index (χ2v) is 4.81. The van der Waals surface area contributed by atoms with E-state index < -0.39 is 0 Å². The molecule has 0 bridgehead atoms. The third-order valence-corrected chi connectivity index (χ3v) is 3.57. The maximum absolute atomic E-state index is 9.30. The Hall–Kier alpha value is -1.02. The summed E-state index contributed by atoms with van der Waals surface area (Å²) >= 11 is 2.27. The highest BCUT2D eigenvalue weighted by atomic mass is 127. The predicted molar refractivity (Wildman–Crippen MR) is 72.3 cm³/mol. The summed E-state index contributed by atoms with van der Waals surface area (Å²) in [6, 6.07) is 3.92. The van der Waals surface area contributed by atoms with Crippen molar-refractivity contribution in [3.05, 3.63) is 27.1 Å². The number of rotatable bonds is 3. The van der Waals surface area contributed by atoms with Crippen molar-refractivity contribution >= 4 is 22.6 Å². The van der Waals surface area contributed by atoms with Gasteiger partial charge in [-0.3, -0.25) is 0 Å². The molecule has 2 aromatic heterocycles. The van der Waals surface area contributed by atoms with E-state index in [4.69, 9.17) is 0 Å². The number of halogens is 1. The van der Waals surface area contributed by atoms with Gasteiger partial charge in [0.2, 0.25) is 0 Å². The number of hydrogen-bond donors (Lipinski definition) is 1. The topological polar surface area (TPSA) is 63.8 Å². The molecule has 0 saturated heterocycles. The van der Waals surface area contributed by atoms with Crippen LogP contribution in [0.2, 0.25) is 0 Å². The van der Waals surface area contributed by atoms with Crippen LogP contribution >= 0.6 is 22.6 Å². The van der Waals surface area contributed by atoms with Gasteiger partial charge in [0.1, 0.15) is 5.69 Å². The van der Waals surface area contributed by atoms with Crippen LogP contribution in [0.5, 0.6) is 0 Å². The number of hydrogen-bond acceptors (Lipinski definition) is 4. The summed E-state index contributed by atoms with van der Waals surface area (Å²) in [6.45, 7) is 1.98. The molecular formula is C11H13IN4O. The average molecular weight is 344 g/mol. The minimum Gasteiger partial charge on any atom is -0.390 e. The van der Waals surface area contributed by atoms with Crippen LogP contribution in [0.4, 0.5) is 0 Å². The molecule has 0 aliphatic carbocycles. The molecule has 17 heavy (non-hydrogen) atoms. The lowest BCUT2D eigenvalue weighted by atomic mass is 10.2. The molecule has 1 N–H and O–H groups in total. The van der Waals surface area contributed by atoms with Crippen LogP contribution < -0.4 is 0 Å². The summed E-state index contributed by atoms with van der Waals surface area (Å²) in [5.74, 6) is 0. The average Bonchev–Trinajstić information content (AvgIpc) is 2.71. The van der Waals surface area contributed by atoms with Gasteiger partial charge in [0, 0.05) is 10.6 Å². The van der Waals surface area contributed by atoms with E-state index in [-0.39, 0.29) is 6.61 Å². The van der Waals surface area contributed by atoms with E-state index in [2.05, 4.69) is 44.8 Å². The third-order valence-electron chi connectivity index (χ3n) is 2.59. The quantitative estimate of drug-likeness (QED) is 0.858. The Morgan fingerprint density at radius 3 is 2.82 bits per heavy atom. The number of aliphatic hydroxyl groups is 1.